The number of carboxylic acid groups (broad SMARTS) is 1. The molecule has 1 aliphatic heterocycles. The van der Waals surface area contributed by atoms with Crippen LogP contribution in [0.5, 0.6) is 0 Å². The molecule has 418 valence electrons. The molecule has 30 heteroatoms. The zero-order valence-electron chi connectivity index (χ0n) is 42.8. The number of amides is 6. The second-order valence-corrected chi connectivity index (χ2v) is 24.0. The maximum atomic E-state index is 14.2. The van der Waals surface area contributed by atoms with Crippen molar-refractivity contribution in [3.05, 3.63) is 106 Å². The highest BCUT2D eigenvalue weighted by atomic mass is 32.1. The first-order valence-electron chi connectivity index (χ1n) is 24.8. The lowest BCUT2D eigenvalue weighted by atomic mass is 9.87. The summed E-state index contributed by atoms with van der Waals surface area (Å²) in [6.07, 6.45) is -1.01. The summed E-state index contributed by atoms with van der Waals surface area (Å²) >= 11 is 6.86. The van der Waals surface area contributed by atoms with Crippen LogP contribution < -0.4 is 31.9 Å². The van der Waals surface area contributed by atoms with Gasteiger partial charge in [-0.1, -0.05) is 41.7 Å². The lowest BCUT2D eigenvalue weighted by Gasteiger charge is -2.25. The molecule has 10 bridgehead atoms. The number of aliphatic hydroxyl groups excluding tert-OH is 1. The van der Waals surface area contributed by atoms with Gasteiger partial charge in [-0.2, -0.15) is 0 Å². The van der Waals surface area contributed by atoms with E-state index in [1.165, 1.54) is 48.2 Å². The number of carbonyl (C=O) groups is 7. The standard InChI is InChI=1S/C51H47N13O11S6/c1-22-36-43(70)64-50-63-38(32(81-50)17-74-3)42(69)53-16-35(66)61-39(40(67)23-7-5-4-6-8-23)48-58-31(20-78-48)46-56-29(18-77-46)37-26(44-57-30(19-76-44)41(68)55-28(15-34(65)52-2)47(62-36)80-22)13-14-27(54-37)45-59-33(21-79-45)60-51(73)75-25-11-9-24(10-12-25)49(71)72/h4-8,13-14,18-21,24-25,28,39-40,67H,9-12,15-17H2,1-3H3,(H,52,65)(H,53,69)(H,55,68)(H,60,73)(H,61,66)(H,71,72)(H,63,64,70)/t24?,25?,28-,39-,40-/m0/s1. The van der Waals surface area contributed by atoms with E-state index in [1.54, 1.807) is 70.9 Å². The van der Waals surface area contributed by atoms with Gasteiger partial charge < -0.3 is 41.0 Å². The summed E-state index contributed by atoms with van der Waals surface area (Å²) in [5.41, 5.74) is 2.41. The molecule has 0 unspecified atom stereocenters. The van der Waals surface area contributed by atoms with Crippen molar-refractivity contribution in [1.29, 1.82) is 0 Å². The third kappa shape index (κ3) is 13.0. The van der Waals surface area contributed by atoms with Crippen LogP contribution in [0.4, 0.5) is 15.7 Å². The number of anilines is 2. The van der Waals surface area contributed by atoms with Crippen LogP contribution in [0, 0.1) is 12.8 Å². The minimum atomic E-state index is -1.29. The highest BCUT2D eigenvalue weighted by molar-refractivity contribution is 7.16. The summed E-state index contributed by atoms with van der Waals surface area (Å²) in [6.45, 7) is 1.06. The Balaban J connectivity index is 1.01. The van der Waals surface area contributed by atoms with Crippen LogP contribution in [0.3, 0.4) is 0 Å². The number of rotatable bonds is 10. The van der Waals surface area contributed by atoms with Crippen LogP contribution in [0.2, 0.25) is 0 Å². The van der Waals surface area contributed by atoms with E-state index in [2.05, 4.69) is 46.9 Å². The Kier molecular flexibility index (Phi) is 17.3. The van der Waals surface area contributed by atoms with E-state index < -0.39 is 78.4 Å². The van der Waals surface area contributed by atoms with Crippen molar-refractivity contribution in [1.82, 2.24) is 56.2 Å². The third-order valence-corrected chi connectivity index (χ3v) is 18.3. The number of aryl methyl sites for hydroxylation is 1. The molecule has 1 saturated carbocycles. The summed E-state index contributed by atoms with van der Waals surface area (Å²) in [4.78, 5) is 127. The number of ether oxygens (including phenoxy) is 2. The van der Waals surface area contributed by atoms with E-state index in [4.69, 9.17) is 29.4 Å². The quantitative estimate of drug-likeness (QED) is 0.0652. The zero-order chi connectivity index (χ0) is 56.9. The number of aromatic nitrogens is 7. The smallest absolute Gasteiger partial charge is 0.413 e. The minimum absolute atomic E-state index is 0.00701. The number of hydrogen-bond acceptors (Lipinski definition) is 23. The number of fused-ring (bicyclic) bond motifs is 14. The number of nitrogens with one attached hydrogen (secondary N) is 6. The average molecular weight is 1210 g/mol. The van der Waals surface area contributed by atoms with Crippen LogP contribution in [0.25, 0.3) is 43.4 Å². The summed E-state index contributed by atoms with van der Waals surface area (Å²) in [5.74, 6) is -4.26. The number of thiazole rings is 6. The van der Waals surface area contributed by atoms with Crippen molar-refractivity contribution in [3.8, 4) is 43.4 Å². The number of nitrogens with zero attached hydrogens (tertiary/aromatic N) is 7. The van der Waals surface area contributed by atoms with Crippen molar-refractivity contribution in [3.63, 3.8) is 0 Å². The summed E-state index contributed by atoms with van der Waals surface area (Å²) in [7, 11) is 2.88. The highest BCUT2D eigenvalue weighted by Crippen LogP contribution is 2.40. The normalized spacial score (nSPS) is 18.2. The zero-order valence-corrected chi connectivity index (χ0v) is 47.7. The maximum absolute atomic E-state index is 14.2. The molecule has 8 aromatic rings. The van der Waals surface area contributed by atoms with Gasteiger partial charge in [-0.15, -0.1) is 56.7 Å². The number of aliphatic carboxylic acids is 1. The highest BCUT2D eigenvalue weighted by Gasteiger charge is 2.32. The van der Waals surface area contributed by atoms with Gasteiger partial charge in [0.1, 0.15) is 83.3 Å². The first-order chi connectivity index (χ1) is 39.1. The summed E-state index contributed by atoms with van der Waals surface area (Å²) in [6, 6.07) is 10.1. The Bertz CT molecular complexity index is 3680. The molecular formula is C51H47N13O11S6. The Hall–Kier alpha value is -7.84. The number of carboxylic acids is 1. The fourth-order valence-electron chi connectivity index (χ4n) is 8.69. The molecule has 81 heavy (non-hydrogen) atoms. The fraction of sp³-hybridized carbons (Fsp3) is 0.294. The number of carbonyl (C=O) groups excluding carboxylic acids is 6. The van der Waals surface area contributed by atoms with Gasteiger partial charge in [-0.25, -0.2) is 39.7 Å². The van der Waals surface area contributed by atoms with E-state index in [0.29, 0.717) is 89.4 Å². The Morgan fingerprint density at radius 3 is 2.22 bits per heavy atom. The van der Waals surface area contributed by atoms with Gasteiger partial charge in [0.15, 0.2) is 5.13 Å². The number of methoxy groups -OCH3 is 1. The first kappa shape index (κ1) is 56.4. The molecule has 0 radical (unpaired) electrons. The number of pyridine rings is 1. The second kappa shape index (κ2) is 24.9. The molecule has 1 fully saturated rings. The number of hydrogen-bond donors (Lipinski definition) is 8. The second-order valence-electron chi connectivity index (χ2n) is 18.2. The molecule has 10 rings (SSSR count). The van der Waals surface area contributed by atoms with Crippen LogP contribution in [0.1, 0.15) is 107 Å². The lowest BCUT2D eigenvalue weighted by molar-refractivity contribution is -0.143. The van der Waals surface area contributed by atoms with Gasteiger partial charge in [0.25, 0.3) is 17.7 Å². The molecule has 0 saturated heterocycles. The van der Waals surface area contributed by atoms with Crippen molar-refractivity contribution in [2.45, 2.75) is 69.9 Å². The van der Waals surface area contributed by atoms with Crippen LogP contribution in [0.15, 0.2) is 64.0 Å². The predicted molar refractivity (Wildman–Crippen MR) is 303 cm³/mol. The lowest BCUT2D eigenvalue weighted by Crippen LogP contribution is -2.40. The van der Waals surface area contributed by atoms with Gasteiger partial charge in [-0.05, 0) is 50.3 Å². The van der Waals surface area contributed by atoms with E-state index in [0.717, 1.165) is 34.0 Å². The molecule has 7 aromatic heterocycles. The van der Waals surface area contributed by atoms with Gasteiger partial charge in [0.2, 0.25) is 11.8 Å². The largest absolute Gasteiger partial charge is 0.481 e. The van der Waals surface area contributed by atoms with Gasteiger partial charge in [-0.3, -0.25) is 39.4 Å². The molecular weight excluding hydrogens is 1160 g/mol. The topological polar surface area (TPSA) is 341 Å². The first-order valence-corrected chi connectivity index (χ1v) is 29.9. The van der Waals surface area contributed by atoms with E-state index >= 15 is 0 Å². The molecule has 3 atom stereocenters. The Labute approximate surface area is 483 Å². The van der Waals surface area contributed by atoms with Gasteiger partial charge >= 0.3 is 12.1 Å². The van der Waals surface area contributed by atoms with Crippen molar-refractivity contribution < 1.29 is 53.2 Å². The third-order valence-electron chi connectivity index (χ3n) is 12.8. The predicted octanol–water partition coefficient (Wildman–Crippen LogP) is 7.63. The van der Waals surface area contributed by atoms with Crippen molar-refractivity contribution >= 4 is 121 Å². The molecule has 0 spiro atoms. The number of benzene rings is 1. The molecule has 6 amide bonds. The monoisotopic (exact) mass is 1210 g/mol. The van der Waals surface area contributed by atoms with E-state index in [1.807, 2.05) is 0 Å². The van der Waals surface area contributed by atoms with Crippen molar-refractivity contribution in [2.24, 2.45) is 5.92 Å². The van der Waals surface area contributed by atoms with Crippen LogP contribution in [-0.2, 0) is 30.5 Å². The summed E-state index contributed by atoms with van der Waals surface area (Å²) < 4.78 is 10.9. The van der Waals surface area contributed by atoms with Crippen LogP contribution in [-0.4, -0.2) is 114 Å². The SMILES string of the molecule is CNC(=O)C[C@@H]1NC(=O)c2csc(n2)-c2ccc(-c3nc(NC(=O)OC4CCC(C(=O)O)CC4)cs3)nc2-c2csc(n2)-c2csc(n2)[C@H]([C@@H](O)c2ccccc2)NC(=O)CNC(=O)c2nc(sc2COC)NC(=O)c2nc1sc2C. The Morgan fingerprint density at radius 1 is 0.728 bits per heavy atom. The minimum Gasteiger partial charge on any atom is -0.481 e. The van der Waals surface area contributed by atoms with Crippen LogP contribution >= 0.6 is 68.0 Å². The van der Waals surface area contributed by atoms with Gasteiger partial charge in [0.05, 0.1) is 42.1 Å². The number of aliphatic hydroxyl groups is 1. The molecule has 1 aromatic carbocycles. The molecule has 24 nitrogen and oxygen atoms in total. The molecule has 8 heterocycles. The molecule has 1 aliphatic carbocycles. The fourth-order valence-corrected chi connectivity index (χ4v) is 13.9. The maximum Gasteiger partial charge on any atom is 0.413 e. The summed E-state index contributed by atoms with van der Waals surface area (Å²) in [5, 5.41) is 46.0. The van der Waals surface area contributed by atoms with E-state index in [9.17, 15) is 43.8 Å². The average Bonchev–Trinajstić information content (AvgIpc) is 4.40. The Morgan fingerprint density at radius 2 is 1.46 bits per heavy atom. The molecule has 2 aliphatic rings. The van der Waals surface area contributed by atoms with Crippen molar-refractivity contribution in [2.75, 3.05) is 31.3 Å². The van der Waals surface area contributed by atoms with E-state index in [-0.39, 0.29) is 46.1 Å². The molecule has 8 N–H and O–H groups in total. The van der Waals surface area contributed by atoms with Gasteiger partial charge in [0, 0.05) is 46.1 Å².